The van der Waals surface area contributed by atoms with Crippen LogP contribution in [-0.4, -0.2) is 25.8 Å². The molecule has 2 N–H and O–H groups in total. The molecule has 0 heterocycles. The second-order valence-corrected chi connectivity index (χ2v) is 6.11. The summed E-state index contributed by atoms with van der Waals surface area (Å²) in [7, 11) is -1.83. The zero-order valence-electron chi connectivity index (χ0n) is 10.1. The van der Waals surface area contributed by atoms with Crippen molar-refractivity contribution in [2.45, 2.75) is 31.7 Å². The molecule has 0 aliphatic rings. The number of sulfonamides is 1. The smallest absolute Gasteiger partial charge is 0.243 e. The fourth-order valence-corrected chi connectivity index (χ4v) is 2.97. The lowest BCUT2D eigenvalue weighted by Crippen LogP contribution is -2.33. The number of nitrogens with two attached hydrogens (primary N) is 1. The van der Waals surface area contributed by atoms with Gasteiger partial charge in [-0.2, -0.15) is 4.31 Å². The van der Waals surface area contributed by atoms with Crippen LogP contribution >= 0.6 is 0 Å². The zero-order chi connectivity index (χ0) is 12.5. The Labute approximate surface area is 97.1 Å². The summed E-state index contributed by atoms with van der Waals surface area (Å²) in [5, 5.41) is 0. The maximum absolute atomic E-state index is 12.2. The zero-order valence-corrected chi connectivity index (χ0v) is 10.9. The second-order valence-electron chi connectivity index (χ2n) is 4.14. The van der Waals surface area contributed by atoms with Gasteiger partial charge < -0.3 is 5.73 Å². The van der Waals surface area contributed by atoms with Crippen LogP contribution in [0.4, 0.5) is 5.69 Å². The summed E-state index contributed by atoms with van der Waals surface area (Å²) in [6.45, 7) is 5.42. The van der Waals surface area contributed by atoms with Crippen LogP contribution in [0.2, 0.25) is 0 Å². The third-order valence-corrected chi connectivity index (χ3v) is 4.78. The summed E-state index contributed by atoms with van der Waals surface area (Å²) in [6.07, 6.45) is 0. The molecule has 90 valence electrons. The Bertz CT molecular complexity index is 481. The number of nitrogens with zero attached hydrogens (tertiary/aromatic N) is 1. The lowest BCUT2D eigenvalue weighted by molar-refractivity contribution is 0.410. The number of hydrogen-bond acceptors (Lipinski definition) is 3. The predicted octanol–water partition coefficient (Wildman–Crippen LogP) is 1.61. The summed E-state index contributed by atoms with van der Waals surface area (Å²) in [4.78, 5) is 0.318. The van der Waals surface area contributed by atoms with Crippen LogP contribution < -0.4 is 5.73 Å². The van der Waals surface area contributed by atoms with Gasteiger partial charge >= 0.3 is 0 Å². The number of aryl methyl sites for hydroxylation is 1. The van der Waals surface area contributed by atoms with Gasteiger partial charge in [-0.15, -0.1) is 0 Å². The first-order valence-electron chi connectivity index (χ1n) is 5.11. The van der Waals surface area contributed by atoms with Crippen LogP contribution in [0.25, 0.3) is 0 Å². The average molecular weight is 242 g/mol. The third kappa shape index (κ3) is 2.36. The van der Waals surface area contributed by atoms with E-state index in [4.69, 9.17) is 5.73 Å². The number of hydrogen-bond donors (Lipinski definition) is 1. The topological polar surface area (TPSA) is 63.4 Å². The molecule has 0 bridgehead atoms. The van der Waals surface area contributed by atoms with E-state index in [0.717, 1.165) is 0 Å². The molecule has 0 saturated heterocycles. The minimum absolute atomic E-state index is 0.0676. The Morgan fingerprint density at radius 2 is 1.88 bits per heavy atom. The van der Waals surface area contributed by atoms with Crippen molar-refractivity contribution in [3.63, 3.8) is 0 Å². The highest BCUT2D eigenvalue weighted by molar-refractivity contribution is 7.89. The van der Waals surface area contributed by atoms with Crippen LogP contribution in [0.15, 0.2) is 23.1 Å². The van der Waals surface area contributed by atoms with E-state index in [1.807, 2.05) is 13.8 Å². The molecule has 5 heteroatoms. The van der Waals surface area contributed by atoms with Crippen LogP contribution in [0.5, 0.6) is 0 Å². The minimum Gasteiger partial charge on any atom is -0.399 e. The van der Waals surface area contributed by atoms with Crippen molar-refractivity contribution in [1.29, 1.82) is 0 Å². The van der Waals surface area contributed by atoms with Crippen molar-refractivity contribution in [3.8, 4) is 0 Å². The first kappa shape index (κ1) is 13.0. The Kier molecular flexibility index (Phi) is 3.60. The van der Waals surface area contributed by atoms with E-state index in [1.165, 1.54) is 4.31 Å². The molecule has 0 aliphatic heterocycles. The van der Waals surface area contributed by atoms with E-state index < -0.39 is 10.0 Å². The molecule has 0 amide bonds. The molecule has 16 heavy (non-hydrogen) atoms. The maximum atomic E-state index is 12.2. The molecule has 0 aromatic heterocycles. The van der Waals surface area contributed by atoms with Crippen LogP contribution in [0.3, 0.4) is 0 Å². The summed E-state index contributed by atoms with van der Waals surface area (Å²) in [5.74, 6) is 0. The molecule has 1 aromatic rings. The number of nitrogen functional groups attached to an aromatic ring is 1. The molecule has 1 rings (SSSR count). The molecule has 0 unspecified atom stereocenters. The summed E-state index contributed by atoms with van der Waals surface area (Å²) < 4.78 is 25.7. The van der Waals surface area contributed by atoms with E-state index in [0.29, 0.717) is 16.1 Å². The molecule has 0 saturated carbocycles. The Balaban J connectivity index is 3.28. The molecule has 0 spiro atoms. The Morgan fingerprint density at radius 3 is 2.31 bits per heavy atom. The number of anilines is 1. The summed E-state index contributed by atoms with van der Waals surface area (Å²) in [6, 6.07) is 4.76. The highest BCUT2D eigenvalue weighted by Gasteiger charge is 2.24. The van der Waals surface area contributed by atoms with Crippen molar-refractivity contribution in [2.24, 2.45) is 0 Å². The lowest BCUT2D eigenvalue weighted by Gasteiger charge is -2.22. The van der Waals surface area contributed by atoms with Gasteiger partial charge in [0.25, 0.3) is 0 Å². The van der Waals surface area contributed by atoms with Gasteiger partial charge in [-0.1, -0.05) is 0 Å². The largest absolute Gasteiger partial charge is 0.399 e. The van der Waals surface area contributed by atoms with E-state index in [2.05, 4.69) is 0 Å². The van der Waals surface area contributed by atoms with Gasteiger partial charge in [0.05, 0.1) is 4.90 Å². The van der Waals surface area contributed by atoms with Crippen LogP contribution in [-0.2, 0) is 10.0 Å². The van der Waals surface area contributed by atoms with E-state index in [-0.39, 0.29) is 6.04 Å². The highest BCUT2D eigenvalue weighted by Crippen LogP contribution is 2.22. The van der Waals surface area contributed by atoms with Crippen molar-refractivity contribution in [2.75, 3.05) is 12.8 Å². The van der Waals surface area contributed by atoms with Crippen molar-refractivity contribution >= 4 is 15.7 Å². The van der Waals surface area contributed by atoms with Gasteiger partial charge in [0.15, 0.2) is 0 Å². The first-order valence-corrected chi connectivity index (χ1v) is 6.55. The molecular weight excluding hydrogens is 224 g/mol. The Hall–Kier alpha value is -1.07. The van der Waals surface area contributed by atoms with Gasteiger partial charge in [0.1, 0.15) is 0 Å². The van der Waals surface area contributed by atoms with Crippen LogP contribution in [0.1, 0.15) is 19.4 Å². The normalized spacial score (nSPS) is 12.4. The van der Waals surface area contributed by atoms with Gasteiger partial charge in [-0.3, -0.25) is 0 Å². The molecule has 0 atom stereocenters. The fraction of sp³-hybridized carbons (Fsp3) is 0.455. The molecule has 0 fully saturated rings. The van der Waals surface area contributed by atoms with Crippen molar-refractivity contribution in [1.82, 2.24) is 4.31 Å². The van der Waals surface area contributed by atoms with Gasteiger partial charge in [0, 0.05) is 18.8 Å². The fourth-order valence-electron chi connectivity index (χ4n) is 1.39. The molecule has 4 nitrogen and oxygen atoms in total. The third-order valence-electron chi connectivity index (χ3n) is 2.58. The quantitative estimate of drug-likeness (QED) is 0.819. The second kappa shape index (κ2) is 4.43. The van der Waals surface area contributed by atoms with Gasteiger partial charge in [-0.25, -0.2) is 8.42 Å². The van der Waals surface area contributed by atoms with Crippen molar-refractivity contribution < 1.29 is 8.42 Å². The van der Waals surface area contributed by atoms with E-state index in [9.17, 15) is 8.42 Å². The standard InChI is InChI=1S/C11H18N2O2S/c1-8(2)13(4)16(14,15)11-6-5-10(12)7-9(11)3/h5-8H,12H2,1-4H3. The van der Waals surface area contributed by atoms with Crippen LogP contribution in [0, 0.1) is 6.92 Å². The van der Waals surface area contributed by atoms with Crippen molar-refractivity contribution in [3.05, 3.63) is 23.8 Å². The summed E-state index contributed by atoms with van der Waals surface area (Å²) >= 11 is 0. The molecule has 0 aliphatic carbocycles. The molecule has 0 radical (unpaired) electrons. The minimum atomic E-state index is -3.41. The average Bonchev–Trinajstić information content (AvgIpc) is 2.15. The maximum Gasteiger partial charge on any atom is 0.243 e. The van der Waals surface area contributed by atoms with E-state index in [1.54, 1.807) is 32.2 Å². The first-order chi connectivity index (χ1) is 7.26. The highest BCUT2D eigenvalue weighted by atomic mass is 32.2. The number of benzene rings is 1. The van der Waals surface area contributed by atoms with Gasteiger partial charge in [-0.05, 0) is 44.5 Å². The summed E-state index contributed by atoms with van der Waals surface area (Å²) in [5.41, 5.74) is 6.84. The predicted molar refractivity (Wildman–Crippen MR) is 65.7 cm³/mol. The Morgan fingerprint density at radius 1 is 1.31 bits per heavy atom. The molecular formula is C11H18N2O2S. The lowest BCUT2D eigenvalue weighted by atomic mass is 10.2. The van der Waals surface area contributed by atoms with E-state index >= 15 is 0 Å². The molecule has 1 aromatic carbocycles. The SMILES string of the molecule is Cc1cc(N)ccc1S(=O)(=O)N(C)C(C)C. The number of rotatable bonds is 3. The monoisotopic (exact) mass is 242 g/mol. The van der Waals surface area contributed by atoms with Gasteiger partial charge in [0.2, 0.25) is 10.0 Å².